The fourth-order valence-electron chi connectivity index (χ4n) is 2.75. The summed E-state index contributed by atoms with van der Waals surface area (Å²) in [7, 11) is 1.59. The molecule has 1 saturated heterocycles. The molecule has 1 aliphatic heterocycles. The fourth-order valence-corrected chi connectivity index (χ4v) is 2.75. The fraction of sp³-hybridized carbons (Fsp3) is 0.263. The van der Waals surface area contributed by atoms with E-state index in [0.717, 1.165) is 11.4 Å². The number of para-hydroxylation sites is 1. The number of urea groups is 1. The summed E-state index contributed by atoms with van der Waals surface area (Å²) in [6.45, 7) is 2.07. The molecule has 1 fully saturated rings. The first-order chi connectivity index (χ1) is 12.2. The summed E-state index contributed by atoms with van der Waals surface area (Å²) in [5.74, 6) is 0.699. The lowest BCUT2D eigenvalue weighted by molar-refractivity contribution is 0.0671. The van der Waals surface area contributed by atoms with E-state index in [1.54, 1.807) is 41.2 Å². The molecule has 6 nitrogen and oxygen atoms in total. The van der Waals surface area contributed by atoms with E-state index in [-0.39, 0.29) is 11.9 Å². The number of nitrogens with zero attached hydrogens (tertiary/aromatic N) is 2. The van der Waals surface area contributed by atoms with E-state index in [4.69, 9.17) is 4.74 Å². The van der Waals surface area contributed by atoms with Crippen molar-refractivity contribution in [2.24, 2.45) is 0 Å². The Balaban J connectivity index is 1.54. The van der Waals surface area contributed by atoms with Crippen LogP contribution in [0.3, 0.4) is 0 Å². The van der Waals surface area contributed by atoms with Crippen LogP contribution in [0.25, 0.3) is 0 Å². The topological polar surface area (TPSA) is 61.9 Å². The molecule has 0 radical (unpaired) electrons. The molecule has 2 aromatic rings. The first-order valence-corrected chi connectivity index (χ1v) is 8.21. The van der Waals surface area contributed by atoms with Gasteiger partial charge in [-0.3, -0.25) is 4.79 Å². The lowest BCUT2D eigenvalue weighted by Gasteiger charge is -2.34. The molecular formula is C19H21N3O3. The maximum absolute atomic E-state index is 12.5. The van der Waals surface area contributed by atoms with Gasteiger partial charge in [0.25, 0.3) is 5.91 Å². The number of amides is 3. The third-order valence-corrected chi connectivity index (χ3v) is 4.22. The van der Waals surface area contributed by atoms with Crippen molar-refractivity contribution >= 4 is 17.6 Å². The molecule has 1 aliphatic rings. The highest BCUT2D eigenvalue weighted by molar-refractivity contribution is 5.95. The molecule has 3 rings (SSSR count). The second kappa shape index (κ2) is 7.70. The lowest BCUT2D eigenvalue weighted by Crippen LogP contribution is -2.51. The largest absolute Gasteiger partial charge is 0.497 e. The quantitative estimate of drug-likeness (QED) is 0.935. The van der Waals surface area contributed by atoms with E-state index >= 15 is 0 Å². The molecule has 1 heterocycles. The van der Waals surface area contributed by atoms with Gasteiger partial charge < -0.3 is 19.9 Å². The molecule has 25 heavy (non-hydrogen) atoms. The zero-order valence-corrected chi connectivity index (χ0v) is 14.1. The van der Waals surface area contributed by atoms with Crippen LogP contribution in [0.1, 0.15) is 10.4 Å². The number of anilines is 1. The van der Waals surface area contributed by atoms with Gasteiger partial charge in [0.2, 0.25) is 0 Å². The molecular weight excluding hydrogens is 318 g/mol. The van der Waals surface area contributed by atoms with Crippen molar-refractivity contribution in [3.05, 3.63) is 60.2 Å². The van der Waals surface area contributed by atoms with Crippen LogP contribution < -0.4 is 10.1 Å². The maximum Gasteiger partial charge on any atom is 0.321 e. The van der Waals surface area contributed by atoms with Crippen molar-refractivity contribution in [2.75, 3.05) is 38.6 Å². The van der Waals surface area contributed by atoms with Crippen LogP contribution in [0.5, 0.6) is 5.75 Å². The highest BCUT2D eigenvalue weighted by Crippen LogP contribution is 2.15. The van der Waals surface area contributed by atoms with Gasteiger partial charge in [-0.1, -0.05) is 18.2 Å². The molecule has 0 unspecified atom stereocenters. The van der Waals surface area contributed by atoms with Gasteiger partial charge in [-0.2, -0.15) is 0 Å². The Hall–Kier alpha value is -3.02. The molecule has 0 saturated carbocycles. The normalized spacial score (nSPS) is 14.1. The molecule has 0 spiro atoms. The second-order valence-electron chi connectivity index (χ2n) is 5.80. The lowest BCUT2D eigenvalue weighted by atomic mass is 10.1. The summed E-state index contributed by atoms with van der Waals surface area (Å²) in [5, 5.41) is 2.87. The van der Waals surface area contributed by atoms with Crippen molar-refractivity contribution in [1.29, 1.82) is 0 Å². The summed E-state index contributed by atoms with van der Waals surface area (Å²) < 4.78 is 5.11. The molecule has 6 heteroatoms. The number of methoxy groups -OCH3 is 1. The van der Waals surface area contributed by atoms with E-state index in [1.807, 2.05) is 30.3 Å². The number of benzene rings is 2. The summed E-state index contributed by atoms with van der Waals surface area (Å²) in [5.41, 5.74) is 1.40. The number of rotatable bonds is 3. The third kappa shape index (κ3) is 4.09. The number of hydrogen-bond acceptors (Lipinski definition) is 3. The Morgan fingerprint density at radius 1 is 0.880 bits per heavy atom. The molecule has 130 valence electrons. The average Bonchev–Trinajstić information content (AvgIpc) is 2.68. The van der Waals surface area contributed by atoms with Crippen LogP contribution in [-0.2, 0) is 0 Å². The van der Waals surface area contributed by atoms with E-state index in [2.05, 4.69) is 5.32 Å². The van der Waals surface area contributed by atoms with Gasteiger partial charge in [0.1, 0.15) is 5.75 Å². The summed E-state index contributed by atoms with van der Waals surface area (Å²) in [6.07, 6.45) is 0. The Bertz CT molecular complexity index is 723. The molecule has 1 N–H and O–H groups in total. The summed E-state index contributed by atoms with van der Waals surface area (Å²) >= 11 is 0. The first kappa shape index (κ1) is 16.8. The highest BCUT2D eigenvalue weighted by Gasteiger charge is 2.24. The monoisotopic (exact) mass is 339 g/mol. The van der Waals surface area contributed by atoms with Gasteiger partial charge in [0.05, 0.1) is 7.11 Å². The van der Waals surface area contributed by atoms with Gasteiger partial charge in [-0.25, -0.2) is 4.79 Å². The average molecular weight is 339 g/mol. The van der Waals surface area contributed by atoms with Gasteiger partial charge in [0.15, 0.2) is 0 Å². The van der Waals surface area contributed by atoms with Gasteiger partial charge in [0, 0.05) is 37.4 Å². The SMILES string of the molecule is COc1ccc(C(=O)N2CCN(C(=O)Nc3ccccc3)CC2)cc1. The van der Waals surface area contributed by atoms with Crippen LogP contribution in [0.2, 0.25) is 0 Å². The van der Waals surface area contributed by atoms with Crippen molar-refractivity contribution in [3.63, 3.8) is 0 Å². The number of nitrogens with one attached hydrogen (secondary N) is 1. The molecule has 2 aromatic carbocycles. The smallest absolute Gasteiger partial charge is 0.321 e. The predicted octanol–water partition coefficient (Wildman–Crippen LogP) is 2.69. The van der Waals surface area contributed by atoms with Crippen LogP contribution in [-0.4, -0.2) is 55.0 Å². The molecule has 3 amide bonds. The predicted molar refractivity (Wildman–Crippen MR) is 95.9 cm³/mol. The number of piperazine rings is 1. The highest BCUT2D eigenvalue weighted by atomic mass is 16.5. The van der Waals surface area contributed by atoms with Crippen molar-refractivity contribution in [1.82, 2.24) is 9.80 Å². The van der Waals surface area contributed by atoms with Crippen LogP contribution in [0, 0.1) is 0 Å². The van der Waals surface area contributed by atoms with Gasteiger partial charge in [-0.05, 0) is 36.4 Å². The zero-order chi connectivity index (χ0) is 17.6. The second-order valence-corrected chi connectivity index (χ2v) is 5.80. The third-order valence-electron chi connectivity index (χ3n) is 4.22. The number of carbonyl (C=O) groups is 2. The van der Waals surface area contributed by atoms with Gasteiger partial charge in [-0.15, -0.1) is 0 Å². The summed E-state index contributed by atoms with van der Waals surface area (Å²) in [4.78, 5) is 28.3. The maximum atomic E-state index is 12.5. The van der Waals surface area contributed by atoms with E-state index in [0.29, 0.717) is 31.7 Å². The number of ether oxygens (including phenoxy) is 1. The Kier molecular flexibility index (Phi) is 5.18. The minimum atomic E-state index is -0.136. The Morgan fingerprint density at radius 2 is 1.48 bits per heavy atom. The van der Waals surface area contributed by atoms with E-state index < -0.39 is 0 Å². The van der Waals surface area contributed by atoms with Crippen LogP contribution >= 0.6 is 0 Å². The Labute approximate surface area is 147 Å². The van der Waals surface area contributed by atoms with Crippen molar-refractivity contribution in [3.8, 4) is 5.75 Å². The minimum Gasteiger partial charge on any atom is -0.497 e. The van der Waals surface area contributed by atoms with Crippen LogP contribution in [0.15, 0.2) is 54.6 Å². The molecule has 0 aromatic heterocycles. The molecule has 0 aliphatic carbocycles. The molecule has 0 atom stereocenters. The Morgan fingerprint density at radius 3 is 2.08 bits per heavy atom. The number of carbonyl (C=O) groups excluding carboxylic acids is 2. The standard InChI is InChI=1S/C19H21N3O3/c1-25-17-9-7-15(8-10-17)18(23)21-11-13-22(14-12-21)19(24)20-16-5-3-2-4-6-16/h2-10H,11-14H2,1H3,(H,20,24). The minimum absolute atomic E-state index is 0.0224. The first-order valence-electron chi connectivity index (χ1n) is 8.21. The van der Waals surface area contributed by atoms with Crippen LogP contribution in [0.4, 0.5) is 10.5 Å². The zero-order valence-electron chi connectivity index (χ0n) is 14.1. The number of hydrogen-bond donors (Lipinski definition) is 1. The van der Waals surface area contributed by atoms with E-state index in [1.165, 1.54) is 0 Å². The van der Waals surface area contributed by atoms with Crippen molar-refractivity contribution in [2.45, 2.75) is 0 Å². The summed E-state index contributed by atoms with van der Waals surface area (Å²) in [6, 6.07) is 16.3. The molecule has 0 bridgehead atoms. The van der Waals surface area contributed by atoms with Crippen molar-refractivity contribution < 1.29 is 14.3 Å². The van der Waals surface area contributed by atoms with Gasteiger partial charge >= 0.3 is 6.03 Å². The van der Waals surface area contributed by atoms with E-state index in [9.17, 15) is 9.59 Å².